The fraction of sp³-hybridized carbons (Fsp3) is 0.278. The van der Waals surface area contributed by atoms with Crippen LogP contribution in [0.4, 0.5) is 5.69 Å². The standard InChI is InChI=1S/C18H20ClN3O3S/c19-15-5-2-6-16(13-15)21-26(24,25)17-7-1-4-14(12-17)18(23)22-10-3-8-20-9-11-22/h1-2,4-7,12-13,20-21H,3,8-11H2. The maximum Gasteiger partial charge on any atom is 0.261 e. The van der Waals surface area contributed by atoms with Gasteiger partial charge in [-0.2, -0.15) is 0 Å². The Balaban J connectivity index is 1.82. The van der Waals surface area contributed by atoms with E-state index in [4.69, 9.17) is 11.6 Å². The van der Waals surface area contributed by atoms with E-state index in [1.165, 1.54) is 18.2 Å². The molecule has 0 saturated carbocycles. The predicted octanol–water partition coefficient (Wildman–Crippen LogP) is 2.58. The van der Waals surface area contributed by atoms with Gasteiger partial charge in [0.2, 0.25) is 0 Å². The second-order valence-corrected chi connectivity index (χ2v) is 8.16. The van der Waals surface area contributed by atoms with Crippen molar-refractivity contribution >= 4 is 33.2 Å². The van der Waals surface area contributed by atoms with Gasteiger partial charge in [-0.05, 0) is 49.4 Å². The van der Waals surface area contributed by atoms with Crippen LogP contribution >= 0.6 is 11.6 Å². The Morgan fingerprint density at radius 3 is 2.69 bits per heavy atom. The van der Waals surface area contributed by atoms with Crippen molar-refractivity contribution in [3.8, 4) is 0 Å². The minimum Gasteiger partial charge on any atom is -0.337 e. The maximum absolute atomic E-state index is 12.7. The SMILES string of the molecule is O=C(c1cccc(S(=O)(=O)Nc2cccc(Cl)c2)c1)N1CCCNCC1. The van der Waals surface area contributed by atoms with E-state index >= 15 is 0 Å². The maximum atomic E-state index is 12.7. The number of hydrogen-bond donors (Lipinski definition) is 2. The van der Waals surface area contributed by atoms with Crippen molar-refractivity contribution < 1.29 is 13.2 Å². The summed E-state index contributed by atoms with van der Waals surface area (Å²) >= 11 is 5.90. The van der Waals surface area contributed by atoms with Crippen LogP contribution in [-0.4, -0.2) is 45.4 Å². The zero-order valence-corrected chi connectivity index (χ0v) is 15.7. The number of nitrogens with one attached hydrogen (secondary N) is 2. The van der Waals surface area contributed by atoms with Crippen LogP contribution in [0, 0.1) is 0 Å². The second-order valence-electron chi connectivity index (χ2n) is 6.04. The van der Waals surface area contributed by atoms with Crippen molar-refractivity contribution in [1.82, 2.24) is 10.2 Å². The number of rotatable bonds is 4. The monoisotopic (exact) mass is 393 g/mol. The first-order chi connectivity index (χ1) is 12.5. The molecule has 8 heteroatoms. The van der Waals surface area contributed by atoms with Crippen LogP contribution in [-0.2, 0) is 10.0 Å². The Labute approximate surface area is 158 Å². The molecule has 0 bridgehead atoms. The van der Waals surface area contributed by atoms with E-state index in [0.29, 0.717) is 29.4 Å². The van der Waals surface area contributed by atoms with Crippen molar-refractivity contribution in [3.05, 3.63) is 59.1 Å². The summed E-state index contributed by atoms with van der Waals surface area (Å²) in [5.41, 5.74) is 0.730. The van der Waals surface area contributed by atoms with Gasteiger partial charge in [-0.25, -0.2) is 8.42 Å². The van der Waals surface area contributed by atoms with Gasteiger partial charge in [-0.15, -0.1) is 0 Å². The molecule has 1 fully saturated rings. The van der Waals surface area contributed by atoms with E-state index in [1.54, 1.807) is 35.2 Å². The summed E-state index contributed by atoms with van der Waals surface area (Å²) in [7, 11) is -3.82. The molecule has 1 amide bonds. The molecule has 3 rings (SSSR count). The molecular weight excluding hydrogens is 374 g/mol. The van der Waals surface area contributed by atoms with E-state index in [-0.39, 0.29) is 10.8 Å². The zero-order valence-electron chi connectivity index (χ0n) is 14.1. The van der Waals surface area contributed by atoms with E-state index in [1.807, 2.05) is 0 Å². The van der Waals surface area contributed by atoms with E-state index < -0.39 is 10.0 Å². The van der Waals surface area contributed by atoms with Crippen LogP contribution in [0.15, 0.2) is 53.4 Å². The van der Waals surface area contributed by atoms with Gasteiger partial charge < -0.3 is 10.2 Å². The van der Waals surface area contributed by atoms with Crippen molar-refractivity contribution in [1.29, 1.82) is 0 Å². The predicted molar refractivity (Wildman–Crippen MR) is 102 cm³/mol. The van der Waals surface area contributed by atoms with Crippen molar-refractivity contribution in [2.24, 2.45) is 0 Å². The molecule has 2 N–H and O–H groups in total. The van der Waals surface area contributed by atoms with Gasteiger partial charge in [-0.1, -0.05) is 23.7 Å². The molecule has 2 aromatic rings. The summed E-state index contributed by atoms with van der Waals surface area (Å²) in [4.78, 5) is 14.5. The fourth-order valence-electron chi connectivity index (χ4n) is 2.79. The Morgan fingerprint density at radius 1 is 1.08 bits per heavy atom. The van der Waals surface area contributed by atoms with Crippen LogP contribution in [0.3, 0.4) is 0 Å². The first-order valence-corrected chi connectivity index (χ1v) is 10.2. The number of benzene rings is 2. The molecule has 1 aliphatic rings. The first kappa shape index (κ1) is 18.7. The molecule has 0 radical (unpaired) electrons. The van der Waals surface area contributed by atoms with E-state index in [0.717, 1.165) is 19.5 Å². The second kappa shape index (κ2) is 8.07. The summed E-state index contributed by atoms with van der Waals surface area (Å²) < 4.78 is 27.7. The minimum atomic E-state index is -3.82. The molecule has 1 saturated heterocycles. The molecule has 138 valence electrons. The smallest absolute Gasteiger partial charge is 0.261 e. The molecule has 0 aromatic heterocycles. The summed E-state index contributed by atoms with van der Waals surface area (Å²) in [6.45, 7) is 2.88. The normalized spacial score (nSPS) is 15.3. The van der Waals surface area contributed by atoms with E-state index in [9.17, 15) is 13.2 Å². The third-order valence-electron chi connectivity index (χ3n) is 4.10. The lowest BCUT2D eigenvalue weighted by molar-refractivity contribution is 0.0766. The van der Waals surface area contributed by atoms with Gasteiger partial charge in [0.15, 0.2) is 0 Å². The lowest BCUT2D eigenvalue weighted by Crippen LogP contribution is -2.34. The summed E-state index contributed by atoms with van der Waals surface area (Å²) in [5, 5.41) is 3.67. The molecule has 0 spiro atoms. The average Bonchev–Trinajstić information content (AvgIpc) is 2.90. The van der Waals surface area contributed by atoms with Gasteiger partial charge >= 0.3 is 0 Å². The molecule has 2 aromatic carbocycles. The number of halogens is 1. The number of carbonyl (C=O) groups is 1. The quantitative estimate of drug-likeness (QED) is 0.836. The van der Waals surface area contributed by atoms with Crippen LogP contribution < -0.4 is 10.0 Å². The van der Waals surface area contributed by atoms with Gasteiger partial charge in [-0.3, -0.25) is 9.52 Å². The Kier molecular flexibility index (Phi) is 5.80. The van der Waals surface area contributed by atoms with Crippen molar-refractivity contribution in [2.75, 3.05) is 30.9 Å². The topological polar surface area (TPSA) is 78.5 Å². The molecule has 26 heavy (non-hydrogen) atoms. The molecule has 0 unspecified atom stereocenters. The fourth-order valence-corrected chi connectivity index (χ4v) is 4.08. The minimum absolute atomic E-state index is 0.0382. The number of nitrogens with zero attached hydrogens (tertiary/aromatic N) is 1. The molecule has 0 aliphatic carbocycles. The average molecular weight is 394 g/mol. The highest BCUT2D eigenvalue weighted by atomic mass is 35.5. The third kappa shape index (κ3) is 4.55. The van der Waals surface area contributed by atoms with Crippen LogP contribution in [0.25, 0.3) is 0 Å². The molecular formula is C18H20ClN3O3S. The number of sulfonamides is 1. The Hall–Kier alpha value is -2.09. The number of amides is 1. The first-order valence-electron chi connectivity index (χ1n) is 8.34. The molecule has 1 heterocycles. The van der Waals surface area contributed by atoms with Crippen LogP contribution in [0.1, 0.15) is 16.8 Å². The van der Waals surface area contributed by atoms with Gasteiger partial charge in [0.05, 0.1) is 10.6 Å². The van der Waals surface area contributed by atoms with Gasteiger partial charge in [0.1, 0.15) is 0 Å². The molecule has 0 atom stereocenters. The van der Waals surface area contributed by atoms with Crippen LogP contribution in [0.5, 0.6) is 0 Å². The van der Waals surface area contributed by atoms with Crippen LogP contribution in [0.2, 0.25) is 5.02 Å². The summed E-state index contributed by atoms with van der Waals surface area (Å²) in [5.74, 6) is -0.159. The summed E-state index contributed by atoms with van der Waals surface area (Å²) in [6, 6.07) is 12.6. The lowest BCUT2D eigenvalue weighted by Gasteiger charge is -2.20. The summed E-state index contributed by atoms with van der Waals surface area (Å²) in [6.07, 6.45) is 0.875. The Bertz CT molecular complexity index is 894. The van der Waals surface area contributed by atoms with Gasteiger partial charge in [0, 0.05) is 30.2 Å². The van der Waals surface area contributed by atoms with Crippen molar-refractivity contribution in [2.45, 2.75) is 11.3 Å². The highest BCUT2D eigenvalue weighted by molar-refractivity contribution is 7.92. The Morgan fingerprint density at radius 2 is 1.88 bits per heavy atom. The highest BCUT2D eigenvalue weighted by Crippen LogP contribution is 2.20. The molecule has 6 nitrogen and oxygen atoms in total. The largest absolute Gasteiger partial charge is 0.337 e. The zero-order chi connectivity index (χ0) is 18.6. The number of hydrogen-bond acceptors (Lipinski definition) is 4. The van der Waals surface area contributed by atoms with E-state index in [2.05, 4.69) is 10.0 Å². The highest BCUT2D eigenvalue weighted by Gasteiger charge is 2.20. The number of carbonyl (C=O) groups excluding carboxylic acids is 1. The number of anilines is 1. The van der Waals surface area contributed by atoms with Gasteiger partial charge in [0.25, 0.3) is 15.9 Å². The molecule has 1 aliphatic heterocycles. The van der Waals surface area contributed by atoms with Crippen molar-refractivity contribution in [3.63, 3.8) is 0 Å². The lowest BCUT2D eigenvalue weighted by atomic mass is 10.2. The third-order valence-corrected chi connectivity index (χ3v) is 5.71.